The van der Waals surface area contributed by atoms with Crippen LogP contribution in [-0.2, 0) is 9.59 Å². The Morgan fingerprint density at radius 1 is 1.06 bits per heavy atom. The summed E-state index contributed by atoms with van der Waals surface area (Å²) < 4.78 is 16.5. The van der Waals surface area contributed by atoms with Crippen molar-refractivity contribution in [1.29, 1.82) is 0 Å². The fourth-order valence-corrected chi connectivity index (χ4v) is 3.90. The van der Waals surface area contributed by atoms with Gasteiger partial charge in [0, 0.05) is 13.1 Å². The van der Waals surface area contributed by atoms with Crippen LogP contribution in [-0.4, -0.2) is 74.6 Å². The summed E-state index contributed by atoms with van der Waals surface area (Å²) in [5.74, 6) is -0.240. The zero-order valence-corrected chi connectivity index (χ0v) is 20.3. The van der Waals surface area contributed by atoms with Gasteiger partial charge in [0.2, 0.25) is 0 Å². The van der Waals surface area contributed by atoms with Gasteiger partial charge in [0.25, 0.3) is 11.7 Å². The van der Waals surface area contributed by atoms with Crippen LogP contribution in [0.15, 0.2) is 48.0 Å². The van der Waals surface area contributed by atoms with Gasteiger partial charge in [-0.3, -0.25) is 9.59 Å². The van der Waals surface area contributed by atoms with Crippen molar-refractivity contribution in [2.24, 2.45) is 0 Å². The lowest BCUT2D eigenvalue weighted by Gasteiger charge is -2.27. The zero-order chi connectivity index (χ0) is 24.8. The first-order valence-corrected chi connectivity index (χ1v) is 11.2. The zero-order valence-electron chi connectivity index (χ0n) is 20.3. The Kier molecular flexibility index (Phi) is 8.17. The van der Waals surface area contributed by atoms with E-state index >= 15 is 0 Å². The molecule has 3 rings (SSSR count). The maximum atomic E-state index is 13.2. The third-order valence-electron chi connectivity index (χ3n) is 5.64. The van der Waals surface area contributed by atoms with Gasteiger partial charge in [-0.25, -0.2) is 0 Å². The molecule has 8 nitrogen and oxygen atoms in total. The molecule has 2 aromatic rings. The minimum absolute atomic E-state index is 0.00273. The summed E-state index contributed by atoms with van der Waals surface area (Å²) >= 11 is 0. The van der Waals surface area contributed by atoms with Crippen molar-refractivity contribution in [2.75, 3.05) is 48.0 Å². The fraction of sp³-hybridized carbons (Fsp3) is 0.385. The van der Waals surface area contributed by atoms with Gasteiger partial charge < -0.3 is 29.1 Å². The van der Waals surface area contributed by atoms with Crippen LogP contribution in [0.5, 0.6) is 17.2 Å². The number of amides is 1. The highest BCUT2D eigenvalue weighted by atomic mass is 16.5. The van der Waals surface area contributed by atoms with Crippen LogP contribution in [0, 0.1) is 0 Å². The number of carbonyl (C=O) groups is 2. The van der Waals surface area contributed by atoms with Crippen molar-refractivity contribution in [3.8, 4) is 17.2 Å². The average Bonchev–Trinajstić information content (AvgIpc) is 3.10. The minimum Gasteiger partial charge on any atom is -0.507 e. The molecule has 1 aliphatic rings. The Balaban J connectivity index is 2.19. The van der Waals surface area contributed by atoms with Gasteiger partial charge in [-0.1, -0.05) is 19.1 Å². The Morgan fingerprint density at radius 3 is 2.47 bits per heavy atom. The van der Waals surface area contributed by atoms with Gasteiger partial charge in [0.05, 0.1) is 38.0 Å². The molecule has 0 spiro atoms. The van der Waals surface area contributed by atoms with Crippen LogP contribution in [0.4, 0.5) is 0 Å². The molecule has 0 aliphatic carbocycles. The molecule has 1 amide bonds. The van der Waals surface area contributed by atoms with E-state index in [1.54, 1.807) is 18.2 Å². The second kappa shape index (κ2) is 11.1. The molecule has 1 aliphatic heterocycles. The van der Waals surface area contributed by atoms with Crippen molar-refractivity contribution in [1.82, 2.24) is 9.80 Å². The molecule has 1 fully saturated rings. The van der Waals surface area contributed by atoms with Gasteiger partial charge in [0.1, 0.15) is 23.0 Å². The summed E-state index contributed by atoms with van der Waals surface area (Å²) in [5, 5.41) is 11.4. The highest BCUT2D eigenvalue weighted by Gasteiger charge is 2.46. The number of rotatable bonds is 10. The van der Waals surface area contributed by atoms with E-state index in [-0.39, 0.29) is 16.9 Å². The summed E-state index contributed by atoms with van der Waals surface area (Å²) in [6, 6.07) is 11.4. The number of nitrogens with zero attached hydrogens (tertiary/aromatic N) is 2. The molecule has 34 heavy (non-hydrogen) atoms. The van der Waals surface area contributed by atoms with Gasteiger partial charge in [-0.2, -0.15) is 0 Å². The highest BCUT2D eigenvalue weighted by molar-refractivity contribution is 6.46. The van der Waals surface area contributed by atoms with Crippen LogP contribution < -0.4 is 14.2 Å². The molecule has 1 saturated heterocycles. The molecule has 1 unspecified atom stereocenters. The molecular formula is C26H32N2O6. The lowest BCUT2D eigenvalue weighted by Crippen LogP contribution is -2.35. The third-order valence-corrected chi connectivity index (χ3v) is 5.64. The quantitative estimate of drug-likeness (QED) is 0.324. The van der Waals surface area contributed by atoms with Crippen LogP contribution >= 0.6 is 0 Å². The van der Waals surface area contributed by atoms with E-state index in [2.05, 4.69) is 0 Å². The predicted molar refractivity (Wildman–Crippen MR) is 129 cm³/mol. The van der Waals surface area contributed by atoms with E-state index in [0.29, 0.717) is 42.5 Å². The smallest absolute Gasteiger partial charge is 0.295 e. The first kappa shape index (κ1) is 25.1. The Bertz CT molecular complexity index is 1080. The van der Waals surface area contributed by atoms with Crippen molar-refractivity contribution in [2.45, 2.75) is 19.4 Å². The lowest BCUT2D eigenvalue weighted by atomic mass is 9.94. The fourth-order valence-electron chi connectivity index (χ4n) is 3.90. The van der Waals surface area contributed by atoms with E-state index in [0.717, 1.165) is 6.42 Å². The second-order valence-electron chi connectivity index (χ2n) is 8.28. The van der Waals surface area contributed by atoms with Gasteiger partial charge in [-0.05, 0) is 56.4 Å². The van der Waals surface area contributed by atoms with Crippen molar-refractivity contribution >= 4 is 17.4 Å². The third kappa shape index (κ3) is 5.17. The number of benzene rings is 2. The van der Waals surface area contributed by atoms with E-state index < -0.39 is 17.7 Å². The number of Topliss-reactive ketones (excluding diaryl/α,β-unsaturated/α-hetero) is 1. The Morgan fingerprint density at radius 2 is 1.82 bits per heavy atom. The molecule has 0 bridgehead atoms. The molecule has 182 valence electrons. The second-order valence-corrected chi connectivity index (χ2v) is 8.28. The van der Waals surface area contributed by atoms with E-state index in [1.165, 1.54) is 19.1 Å². The Labute approximate surface area is 200 Å². The number of hydrogen-bond donors (Lipinski definition) is 1. The van der Waals surface area contributed by atoms with Crippen molar-refractivity contribution < 1.29 is 28.9 Å². The predicted octanol–water partition coefficient (Wildman–Crippen LogP) is 3.48. The molecule has 1 N–H and O–H groups in total. The topological polar surface area (TPSA) is 88.5 Å². The number of aliphatic hydroxyl groups is 1. The van der Waals surface area contributed by atoms with Crippen molar-refractivity contribution in [3.63, 3.8) is 0 Å². The number of ether oxygens (including phenoxy) is 3. The number of ketones is 1. The van der Waals surface area contributed by atoms with Gasteiger partial charge in [-0.15, -0.1) is 0 Å². The number of likely N-dealkylation sites (N-methyl/N-ethyl adjacent to an activating group) is 1. The summed E-state index contributed by atoms with van der Waals surface area (Å²) in [5.41, 5.74) is 0.953. The van der Waals surface area contributed by atoms with E-state index in [9.17, 15) is 14.7 Å². The number of carbonyl (C=O) groups excluding carboxylic acids is 2. The normalized spacial score (nSPS) is 17.4. The summed E-state index contributed by atoms with van der Waals surface area (Å²) in [6.07, 6.45) is 0.848. The van der Waals surface area contributed by atoms with E-state index in [1.807, 2.05) is 50.2 Å². The average molecular weight is 469 g/mol. The molecular weight excluding hydrogens is 436 g/mol. The number of likely N-dealkylation sites (tertiary alicyclic amines) is 1. The Hall–Kier alpha value is -3.52. The summed E-state index contributed by atoms with van der Waals surface area (Å²) in [7, 11) is 6.77. The summed E-state index contributed by atoms with van der Waals surface area (Å²) in [6.45, 7) is 3.43. The van der Waals surface area contributed by atoms with Crippen LogP contribution in [0.25, 0.3) is 5.76 Å². The lowest BCUT2D eigenvalue weighted by molar-refractivity contribution is -0.140. The van der Waals surface area contributed by atoms with Crippen molar-refractivity contribution in [3.05, 3.63) is 59.2 Å². The monoisotopic (exact) mass is 468 g/mol. The number of methoxy groups -OCH3 is 2. The molecule has 0 saturated carbocycles. The molecule has 1 heterocycles. The van der Waals surface area contributed by atoms with Gasteiger partial charge in [0.15, 0.2) is 0 Å². The van der Waals surface area contributed by atoms with Gasteiger partial charge >= 0.3 is 0 Å². The maximum absolute atomic E-state index is 13.2. The molecule has 2 aromatic carbocycles. The highest BCUT2D eigenvalue weighted by Crippen LogP contribution is 2.42. The standard InChI is InChI=1S/C26H32N2O6/c1-6-14-34-19-9-7-8-17(15-19)23-22(25(30)26(31)28(23)13-12-27(2)3)24(29)20-16-18(32-4)10-11-21(20)33-5/h7-11,15-16,23,29H,6,12-14H2,1-5H3/b24-22+. The SMILES string of the molecule is CCCOc1cccc(C2/C(=C(\O)c3cc(OC)ccc3OC)C(=O)C(=O)N2CCN(C)C)c1. The first-order valence-electron chi connectivity index (χ1n) is 11.2. The largest absolute Gasteiger partial charge is 0.507 e. The van der Waals surface area contributed by atoms with Crippen LogP contribution in [0.2, 0.25) is 0 Å². The summed E-state index contributed by atoms with van der Waals surface area (Å²) in [4.78, 5) is 29.8. The number of aliphatic hydroxyl groups excluding tert-OH is 1. The molecule has 0 aromatic heterocycles. The molecule has 8 heteroatoms. The molecule has 0 radical (unpaired) electrons. The molecule has 1 atom stereocenters. The van der Waals surface area contributed by atoms with E-state index in [4.69, 9.17) is 14.2 Å². The number of hydrogen-bond acceptors (Lipinski definition) is 7. The van der Waals surface area contributed by atoms with Crippen LogP contribution in [0.1, 0.15) is 30.5 Å². The first-order chi connectivity index (χ1) is 16.3. The maximum Gasteiger partial charge on any atom is 0.295 e. The van der Waals surface area contributed by atoms with Crippen LogP contribution in [0.3, 0.4) is 0 Å². The minimum atomic E-state index is -0.777.